The minimum Gasteiger partial charge on any atom is -0.321 e. The van der Waals surface area contributed by atoms with Gasteiger partial charge in [-0.3, -0.25) is 14.8 Å². The molecule has 6 heteroatoms. The van der Waals surface area contributed by atoms with Gasteiger partial charge in [0.1, 0.15) is 10.7 Å². The summed E-state index contributed by atoms with van der Waals surface area (Å²) in [6.45, 7) is 0. The average molecular weight is 358 g/mol. The summed E-state index contributed by atoms with van der Waals surface area (Å²) < 4.78 is 0. The van der Waals surface area contributed by atoms with E-state index in [9.17, 15) is 4.79 Å². The van der Waals surface area contributed by atoms with Crippen LogP contribution in [0.15, 0.2) is 78.4 Å². The Balaban J connectivity index is 1.57. The molecule has 0 atom stereocenters. The Kier molecular flexibility index (Phi) is 4.49. The number of aromatic nitrogens is 3. The number of carbonyl (C=O) groups is 1. The van der Waals surface area contributed by atoms with E-state index in [0.29, 0.717) is 11.4 Å². The van der Waals surface area contributed by atoms with Gasteiger partial charge in [0.25, 0.3) is 5.91 Å². The summed E-state index contributed by atoms with van der Waals surface area (Å²) in [7, 11) is 0. The zero-order valence-electron chi connectivity index (χ0n) is 13.7. The van der Waals surface area contributed by atoms with Crippen molar-refractivity contribution in [2.45, 2.75) is 0 Å². The van der Waals surface area contributed by atoms with E-state index in [0.717, 1.165) is 22.0 Å². The van der Waals surface area contributed by atoms with Crippen LogP contribution in [0.4, 0.5) is 5.69 Å². The summed E-state index contributed by atoms with van der Waals surface area (Å²) in [5, 5.41) is 5.72. The molecular weight excluding hydrogens is 344 g/mol. The molecule has 5 nitrogen and oxygen atoms in total. The van der Waals surface area contributed by atoms with Crippen LogP contribution in [0.1, 0.15) is 10.5 Å². The molecule has 0 saturated carbocycles. The van der Waals surface area contributed by atoms with Crippen LogP contribution in [0.25, 0.3) is 22.0 Å². The Morgan fingerprint density at radius 2 is 1.73 bits per heavy atom. The normalized spacial score (nSPS) is 10.5. The Morgan fingerprint density at radius 3 is 2.50 bits per heavy atom. The maximum absolute atomic E-state index is 12.3. The number of nitrogens with zero attached hydrogens (tertiary/aromatic N) is 3. The van der Waals surface area contributed by atoms with E-state index in [2.05, 4.69) is 20.3 Å². The first-order valence-corrected chi connectivity index (χ1v) is 8.87. The monoisotopic (exact) mass is 358 g/mol. The molecule has 1 amide bonds. The second-order valence-corrected chi connectivity index (χ2v) is 6.36. The number of carbonyl (C=O) groups excluding carboxylic acids is 1. The molecule has 126 valence electrons. The molecule has 26 heavy (non-hydrogen) atoms. The van der Waals surface area contributed by atoms with Gasteiger partial charge in [-0.25, -0.2) is 4.98 Å². The van der Waals surface area contributed by atoms with E-state index in [1.807, 2.05) is 47.8 Å². The number of anilines is 1. The number of thiazole rings is 1. The zero-order chi connectivity index (χ0) is 17.8. The van der Waals surface area contributed by atoms with Gasteiger partial charge < -0.3 is 5.32 Å². The van der Waals surface area contributed by atoms with E-state index >= 15 is 0 Å². The first-order valence-electron chi connectivity index (χ1n) is 7.99. The maximum Gasteiger partial charge on any atom is 0.274 e. The lowest BCUT2D eigenvalue weighted by molar-refractivity contribution is 0.102. The second-order valence-electron chi connectivity index (χ2n) is 5.50. The zero-order valence-corrected chi connectivity index (χ0v) is 14.5. The van der Waals surface area contributed by atoms with Crippen molar-refractivity contribution in [3.05, 3.63) is 84.1 Å². The van der Waals surface area contributed by atoms with Crippen molar-refractivity contribution in [2.24, 2.45) is 0 Å². The molecule has 0 aliphatic rings. The van der Waals surface area contributed by atoms with Crippen molar-refractivity contribution >= 4 is 22.9 Å². The molecule has 0 fully saturated rings. The minimum atomic E-state index is -0.241. The highest BCUT2D eigenvalue weighted by Crippen LogP contribution is 2.29. The quantitative estimate of drug-likeness (QED) is 0.582. The molecule has 0 spiro atoms. The molecule has 1 N–H and O–H groups in total. The molecular formula is C20H14N4OS. The Bertz CT molecular complexity index is 1030. The molecule has 3 aromatic heterocycles. The molecule has 0 unspecified atom stereocenters. The molecule has 0 radical (unpaired) electrons. The van der Waals surface area contributed by atoms with Gasteiger partial charge in [-0.15, -0.1) is 11.3 Å². The summed E-state index contributed by atoms with van der Waals surface area (Å²) in [5.41, 5.74) is 3.71. The summed E-state index contributed by atoms with van der Waals surface area (Å²) in [4.78, 5) is 25.3. The molecule has 1 aromatic carbocycles. The van der Waals surface area contributed by atoms with Crippen molar-refractivity contribution in [3.8, 4) is 22.0 Å². The highest BCUT2D eigenvalue weighted by molar-refractivity contribution is 7.13. The van der Waals surface area contributed by atoms with Gasteiger partial charge in [0, 0.05) is 29.0 Å². The van der Waals surface area contributed by atoms with Gasteiger partial charge in [-0.2, -0.15) is 0 Å². The number of pyridine rings is 2. The van der Waals surface area contributed by atoms with Gasteiger partial charge in [0.05, 0.1) is 11.4 Å². The summed E-state index contributed by atoms with van der Waals surface area (Å²) in [6.07, 6.45) is 3.35. The summed E-state index contributed by atoms with van der Waals surface area (Å²) in [5.74, 6) is -0.241. The van der Waals surface area contributed by atoms with Crippen LogP contribution in [0.2, 0.25) is 0 Å². The molecule has 4 rings (SSSR count). The third kappa shape index (κ3) is 3.50. The predicted molar refractivity (Wildman–Crippen MR) is 103 cm³/mol. The number of hydrogen-bond acceptors (Lipinski definition) is 5. The fourth-order valence-electron chi connectivity index (χ4n) is 2.46. The van der Waals surface area contributed by atoms with Crippen LogP contribution in [0.3, 0.4) is 0 Å². The standard InChI is InChI=1S/C20H14N4OS/c25-19(16-8-1-3-10-21-16)23-15-7-5-6-14(12-15)18-13-26-20(24-18)17-9-2-4-11-22-17/h1-13H,(H,23,25). The average Bonchev–Trinajstić information content (AvgIpc) is 3.20. The van der Waals surface area contributed by atoms with Gasteiger partial charge in [0.15, 0.2) is 0 Å². The highest BCUT2D eigenvalue weighted by Gasteiger charge is 2.10. The van der Waals surface area contributed by atoms with Crippen molar-refractivity contribution in [1.29, 1.82) is 0 Å². The van der Waals surface area contributed by atoms with E-state index in [-0.39, 0.29) is 5.91 Å². The largest absolute Gasteiger partial charge is 0.321 e. The van der Waals surface area contributed by atoms with Gasteiger partial charge in [0.2, 0.25) is 0 Å². The minimum absolute atomic E-state index is 0.241. The lowest BCUT2D eigenvalue weighted by Gasteiger charge is -2.06. The Hall–Kier alpha value is -3.38. The van der Waals surface area contributed by atoms with Crippen LogP contribution in [-0.4, -0.2) is 20.9 Å². The van der Waals surface area contributed by atoms with E-state index in [1.165, 1.54) is 0 Å². The van der Waals surface area contributed by atoms with Gasteiger partial charge in [-0.1, -0.05) is 24.3 Å². The van der Waals surface area contributed by atoms with Crippen LogP contribution in [0.5, 0.6) is 0 Å². The van der Waals surface area contributed by atoms with E-state index in [1.54, 1.807) is 41.9 Å². The number of hydrogen-bond donors (Lipinski definition) is 1. The number of rotatable bonds is 4. The van der Waals surface area contributed by atoms with Gasteiger partial charge >= 0.3 is 0 Å². The molecule has 0 aliphatic heterocycles. The smallest absolute Gasteiger partial charge is 0.274 e. The van der Waals surface area contributed by atoms with Crippen molar-refractivity contribution in [1.82, 2.24) is 15.0 Å². The molecule has 3 heterocycles. The topological polar surface area (TPSA) is 67.8 Å². The maximum atomic E-state index is 12.3. The van der Waals surface area contributed by atoms with Crippen molar-refractivity contribution in [2.75, 3.05) is 5.32 Å². The van der Waals surface area contributed by atoms with Crippen molar-refractivity contribution in [3.63, 3.8) is 0 Å². The molecule has 0 saturated heterocycles. The molecule has 4 aromatic rings. The highest BCUT2D eigenvalue weighted by atomic mass is 32.1. The number of benzene rings is 1. The van der Waals surface area contributed by atoms with E-state index in [4.69, 9.17) is 0 Å². The fraction of sp³-hybridized carbons (Fsp3) is 0. The predicted octanol–water partition coefficient (Wildman–Crippen LogP) is 4.52. The number of amides is 1. The second kappa shape index (κ2) is 7.25. The third-order valence-electron chi connectivity index (χ3n) is 3.70. The summed E-state index contributed by atoms with van der Waals surface area (Å²) in [6, 6.07) is 18.6. The van der Waals surface area contributed by atoms with Crippen molar-refractivity contribution < 1.29 is 4.79 Å². The Labute approximate surface area is 154 Å². The van der Waals surface area contributed by atoms with Gasteiger partial charge in [-0.05, 0) is 36.4 Å². The van der Waals surface area contributed by atoms with E-state index < -0.39 is 0 Å². The van der Waals surface area contributed by atoms with Crippen LogP contribution in [-0.2, 0) is 0 Å². The lowest BCUT2D eigenvalue weighted by Crippen LogP contribution is -2.13. The van der Waals surface area contributed by atoms with Crippen LogP contribution >= 0.6 is 11.3 Å². The SMILES string of the molecule is O=C(Nc1cccc(-c2csc(-c3ccccn3)n2)c1)c1ccccn1. The number of nitrogens with one attached hydrogen (secondary N) is 1. The first-order chi connectivity index (χ1) is 12.8. The van der Waals surface area contributed by atoms with Crippen LogP contribution < -0.4 is 5.32 Å². The molecule has 0 aliphatic carbocycles. The Morgan fingerprint density at radius 1 is 0.885 bits per heavy atom. The fourth-order valence-corrected chi connectivity index (χ4v) is 3.27. The molecule has 0 bridgehead atoms. The third-order valence-corrected chi connectivity index (χ3v) is 4.57. The summed E-state index contributed by atoms with van der Waals surface area (Å²) >= 11 is 1.54. The lowest BCUT2D eigenvalue weighted by atomic mass is 10.1. The van der Waals surface area contributed by atoms with Crippen LogP contribution in [0, 0.1) is 0 Å². The first kappa shape index (κ1) is 16.1.